The number of ether oxygens (including phenoxy) is 1. The Kier molecular flexibility index (Phi) is 3.82. The van der Waals surface area contributed by atoms with Gasteiger partial charge in [0, 0.05) is 5.56 Å². The molecule has 0 unspecified atom stereocenters. The van der Waals surface area contributed by atoms with Crippen molar-refractivity contribution in [3.05, 3.63) is 29.6 Å². The minimum atomic E-state index is -0.791. The number of hydrogen-bond acceptors (Lipinski definition) is 4. The minimum Gasteiger partial charge on any atom is -0.496 e. The van der Waals surface area contributed by atoms with E-state index < -0.39 is 11.6 Å². The molecule has 2 saturated carbocycles. The van der Waals surface area contributed by atoms with Crippen LogP contribution in [0.1, 0.15) is 37.3 Å². The third kappa shape index (κ3) is 2.80. The van der Waals surface area contributed by atoms with Crippen molar-refractivity contribution in [1.29, 1.82) is 0 Å². The lowest BCUT2D eigenvalue weighted by atomic mass is 9.74. The fraction of sp³-hybridized carbons (Fsp3) is 0.562. The Balaban J connectivity index is 1.88. The Morgan fingerprint density at radius 3 is 2.73 bits per heavy atom. The lowest BCUT2D eigenvalue weighted by Gasteiger charge is -2.39. The maximum Gasteiger partial charge on any atom is 0.240 e. The van der Waals surface area contributed by atoms with Gasteiger partial charge in [0.25, 0.3) is 0 Å². The van der Waals surface area contributed by atoms with Crippen molar-refractivity contribution >= 4 is 5.91 Å². The molecule has 0 spiro atoms. The fourth-order valence-electron chi connectivity index (χ4n) is 2.95. The van der Waals surface area contributed by atoms with E-state index in [0.29, 0.717) is 37.0 Å². The van der Waals surface area contributed by atoms with Crippen molar-refractivity contribution in [3.8, 4) is 5.75 Å². The quantitative estimate of drug-likeness (QED) is 0.764. The molecule has 1 atom stereocenters. The number of carbonyl (C=O) groups is 1. The summed E-state index contributed by atoms with van der Waals surface area (Å²) in [6.45, 7) is 0. The molecule has 4 N–H and O–H groups in total. The molecule has 0 aromatic heterocycles. The number of carbonyl (C=O) groups excluding carboxylic acids is 1. The van der Waals surface area contributed by atoms with Crippen LogP contribution in [-0.4, -0.2) is 29.8 Å². The second kappa shape index (κ2) is 5.52. The Morgan fingerprint density at radius 1 is 1.50 bits per heavy atom. The van der Waals surface area contributed by atoms with Crippen molar-refractivity contribution in [1.82, 2.24) is 5.32 Å². The summed E-state index contributed by atoms with van der Waals surface area (Å²) in [4.78, 5) is 12.3. The van der Waals surface area contributed by atoms with Gasteiger partial charge in [-0.25, -0.2) is 4.39 Å². The number of aliphatic hydroxyl groups excluding tert-OH is 1. The molecule has 2 aliphatic carbocycles. The molecule has 0 saturated heterocycles. The molecular formula is C16H21FN2O3. The van der Waals surface area contributed by atoms with Crippen LogP contribution in [0.3, 0.4) is 0 Å². The van der Waals surface area contributed by atoms with E-state index in [0.717, 1.165) is 0 Å². The zero-order valence-electron chi connectivity index (χ0n) is 12.5. The lowest BCUT2D eigenvalue weighted by molar-refractivity contribution is -0.125. The van der Waals surface area contributed by atoms with Gasteiger partial charge in [0.1, 0.15) is 11.6 Å². The van der Waals surface area contributed by atoms with Crippen LogP contribution in [0, 0.1) is 11.7 Å². The van der Waals surface area contributed by atoms with E-state index in [1.54, 1.807) is 6.07 Å². The second-order valence-corrected chi connectivity index (χ2v) is 6.38. The molecule has 1 amide bonds. The van der Waals surface area contributed by atoms with Crippen LogP contribution in [0.25, 0.3) is 0 Å². The Hall–Kier alpha value is -1.66. The first-order chi connectivity index (χ1) is 10.4. The Bertz CT molecular complexity index is 583. The molecule has 6 heteroatoms. The van der Waals surface area contributed by atoms with E-state index in [1.807, 2.05) is 0 Å². The molecule has 120 valence electrons. The predicted molar refractivity (Wildman–Crippen MR) is 78.7 cm³/mol. The Labute approximate surface area is 128 Å². The van der Waals surface area contributed by atoms with Gasteiger partial charge >= 0.3 is 0 Å². The van der Waals surface area contributed by atoms with Crippen LogP contribution in [0.15, 0.2) is 18.2 Å². The first kappa shape index (κ1) is 15.2. The topological polar surface area (TPSA) is 84.6 Å². The largest absolute Gasteiger partial charge is 0.496 e. The molecular weight excluding hydrogens is 287 g/mol. The van der Waals surface area contributed by atoms with Gasteiger partial charge in [-0.05, 0) is 49.8 Å². The van der Waals surface area contributed by atoms with Gasteiger partial charge in [0.05, 0.1) is 24.8 Å². The normalized spacial score (nSPS) is 26.7. The standard InChI is InChI=1S/C16H21FN2O3/c1-22-13-3-2-10(17)8-12(13)14(9-6-11(20)7-9)19-15(21)16(18)4-5-16/h2-3,8-9,11,14,20H,4-7,18H2,1H3,(H,19,21)/t9?,11?,14-/m1/s1. The number of benzene rings is 1. The second-order valence-electron chi connectivity index (χ2n) is 6.38. The van der Waals surface area contributed by atoms with Crippen LogP contribution < -0.4 is 15.8 Å². The molecule has 3 rings (SSSR count). The van der Waals surface area contributed by atoms with Gasteiger partial charge in [-0.2, -0.15) is 0 Å². The van der Waals surface area contributed by atoms with Crippen molar-refractivity contribution < 1.29 is 19.0 Å². The number of aliphatic hydroxyl groups is 1. The summed E-state index contributed by atoms with van der Waals surface area (Å²) in [5, 5.41) is 12.5. The van der Waals surface area contributed by atoms with E-state index in [9.17, 15) is 14.3 Å². The van der Waals surface area contributed by atoms with Crippen LogP contribution >= 0.6 is 0 Å². The van der Waals surface area contributed by atoms with Gasteiger partial charge in [-0.3, -0.25) is 4.79 Å². The third-order valence-corrected chi connectivity index (χ3v) is 4.68. The van der Waals surface area contributed by atoms with Crippen molar-refractivity contribution in [3.63, 3.8) is 0 Å². The van der Waals surface area contributed by atoms with Gasteiger partial charge in [0.15, 0.2) is 0 Å². The van der Waals surface area contributed by atoms with E-state index in [1.165, 1.54) is 19.2 Å². The third-order valence-electron chi connectivity index (χ3n) is 4.68. The highest BCUT2D eigenvalue weighted by Gasteiger charge is 2.48. The summed E-state index contributed by atoms with van der Waals surface area (Å²) in [5.74, 6) is -0.0269. The maximum atomic E-state index is 13.6. The van der Waals surface area contributed by atoms with Crippen LogP contribution in [-0.2, 0) is 4.79 Å². The molecule has 1 aromatic carbocycles. The molecule has 2 fully saturated rings. The molecule has 0 heterocycles. The lowest BCUT2D eigenvalue weighted by Crippen LogP contribution is -2.48. The van der Waals surface area contributed by atoms with Crippen LogP contribution in [0.5, 0.6) is 5.75 Å². The fourth-order valence-corrected chi connectivity index (χ4v) is 2.95. The molecule has 0 radical (unpaired) electrons. The number of hydrogen-bond donors (Lipinski definition) is 3. The highest BCUT2D eigenvalue weighted by atomic mass is 19.1. The Morgan fingerprint density at radius 2 is 2.18 bits per heavy atom. The van der Waals surface area contributed by atoms with Gasteiger partial charge < -0.3 is 20.9 Å². The average Bonchev–Trinajstić information content (AvgIpc) is 3.21. The number of methoxy groups -OCH3 is 1. The van der Waals surface area contributed by atoms with Gasteiger partial charge in [-0.15, -0.1) is 0 Å². The van der Waals surface area contributed by atoms with E-state index >= 15 is 0 Å². The van der Waals surface area contributed by atoms with Crippen LogP contribution in [0.4, 0.5) is 4.39 Å². The van der Waals surface area contributed by atoms with Crippen molar-refractivity contribution in [2.75, 3.05) is 7.11 Å². The molecule has 2 aliphatic rings. The molecule has 0 bridgehead atoms. The van der Waals surface area contributed by atoms with Gasteiger partial charge in [0.2, 0.25) is 5.91 Å². The number of nitrogens with one attached hydrogen (secondary N) is 1. The van der Waals surface area contributed by atoms with Gasteiger partial charge in [-0.1, -0.05) is 0 Å². The zero-order valence-corrected chi connectivity index (χ0v) is 12.5. The minimum absolute atomic E-state index is 0.0528. The number of amides is 1. The number of rotatable bonds is 5. The summed E-state index contributed by atoms with van der Waals surface area (Å²) in [7, 11) is 1.51. The van der Waals surface area contributed by atoms with Crippen molar-refractivity contribution in [2.24, 2.45) is 11.7 Å². The summed E-state index contributed by atoms with van der Waals surface area (Å²) < 4.78 is 18.9. The van der Waals surface area contributed by atoms with Crippen LogP contribution in [0.2, 0.25) is 0 Å². The monoisotopic (exact) mass is 308 g/mol. The summed E-state index contributed by atoms with van der Waals surface area (Å²) in [5.41, 5.74) is 5.74. The summed E-state index contributed by atoms with van der Waals surface area (Å²) in [6.07, 6.45) is 2.11. The molecule has 22 heavy (non-hydrogen) atoms. The highest BCUT2D eigenvalue weighted by molar-refractivity contribution is 5.89. The molecule has 5 nitrogen and oxygen atoms in total. The van der Waals surface area contributed by atoms with Crippen molar-refractivity contribution in [2.45, 2.75) is 43.4 Å². The van der Waals surface area contributed by atoms with E-state index in [2.05, 4.69) is 5.32 Å². The summed E-state index contributed by atoms with van der Waals surface area (Å²) >= 11 is 0. The predicted octanol–water partition coefficient (Wildman–Crippen LogP) is 1.25. The smallest absolute Gasteiger partial charge is 0.240 e. The molecule has 0 aliphatic heterocycles. The first-order valence-electron chi connectivity index (χ1n) is 7.54. The number of nitrogens with two attached hydrogens (primary N) is 1. The number of halogens is 1. The zero-order chi connectivity index (χ0) is 15.9. The SMILES string of the molecule is COc1ccc(F)cc1[C@H](NC(=O)C1(N)CC1)C1CC(O)C1. The van der Waals surface area contributed by atoms with E-state index in [4.69, 9.17) is 10.5 Å². The highest BCUT2D eigenvalue weighted by Crippen LogP contribution is 2.42. The average molecular weight is 308 g/mol. The summed E-state index contributed by atoms with van der Waals surface area (Å²) in [6, 6.07) is 3.85. The van der Waals surface area contributed by atoms with E-state index in [-0.39, 0.29) is 23.7 Å². The first-order valence-corrected chi connectivity index (χ1v) is 7.54. The maximum absolute atomic E-state index is 13.6. The molecule has 1 aromatic rings.